The van der Waals surface area contributed by atoms with Gasteiger partial charge < -0.3 is 9.30 Å². The summed E-state index contributed by atoms with van der Waals surface area (Å²) in [6.07, 6.45) is 2.17. The van der Waals surface area contributed by atoms with Crippen LogP contribution >= 0.6 is 0 Å². The largest absolute Gasteiger partial charge is 0.308 e. The summed E-state index contributed by atoms with van der Waals surface area (Å²) >= 11 is 0. The molecule has 12 rings (SSSR count). The zero-order valence-electron chi connectivity index (χ0n) is 36.6. The maximum Gasteiger partial charge on any atom is 0.146 e. The molecule has 0 bridgehead atoms. The predicted molar refractivity (Wildman–Crippen MR) is 262 cm³/mol. The van der Waals surface area contributed by atoms with Crippen molar-refractivity contribution in [3.63, 3.8) is 0 Å². The molecular formula is C57H50N4. The van der Waals surface area contributed by atoms with E-state index in [9.17, 15) is 0 Å². The quantitative estimate of drug-likeness (QED) is 0.178. The van der Waals surface area contributed by atoms with Crippen molar-refractivity contribution in [2.75, 3.05) is 4.90 Å². The molecule has 61 heavy (non-hydrogen) atoms. The molecule has 7 aromatic carbocycles. The standard InChI is InChI=1S/C57H50N4/c1-55(2,3)34-24-25-45-42(27-34)48-39-23-17-16-18-33(39)26-43-49-47(60(45)53(43)48)32-58-54-50(49)44-30-35(56(4,5)6)28-40-41-29-36(57(7,8)9)31-46(52(41)61(54)51(40)44)59(37-19-12-10-13-20-37)38-21-14-11-15-22-38/h10-32H,1-9H3. The second kappa shape index (κ2) is 12.0. The molecule has 0 saturated heterocycles. The zero-order chi connectivity index (χ0) is 41.9. The maximum absolute atomic E-state index is 5.61. The molecule has 0 atom stereocenters. The Bertz CT molecular complexity index is 3690. The van der Waals surface area contributed by atoms with Gasteiger partial charge in [-0.05, 0) is 110 Å². The smallest absolute Gasteiger partial charge is 0.146 e. The first-order valence-corrected chi connectivity index (χ1v) is 21.8. The topological polar surface area (TPSA) is 24.9 Å². The molecule has 12 aromatic rings. The average molecular weight is 791 g/mol. The van der Waals surface area contributed by atoms with E-state index in [1.807, 2.05) is 0 Å². The van der Waals surface area contributed by atoms with Gasteiger partial charge in [-0.15, -0.1) is 0 Å². The minimum atomic E-state index is -0.0900. The monoisotopic (exact) mass is 790 g/mol. The second-order valence-electron chi connectivity index (χ2n) is 20.6. The van der Waals surface area contributed by atoms with Crippen molar-refractivity contribution in [2.24, 2.45) is 0 Å². The molecular weight excluding hydrogens is 741 g/mol. The van der Waals surface area contributed by atoms with Crippen molar-refractivity contribution in [1.29, 1.82) is 0 Å². The van der Waals surface area contributed by atoms with Crippen molar-refractivity contribution >= 4 is 104 Å². The van der Waals surface area contributed by atoms with Crippen molar-refractivity contribution in [2.45, 2.75) is 78.6 Å². The molecule has 298 valence electrons. The van der Waals surface area contributed by atoms with E-state index in [0.29, 0.717) is 0 Å². The number of nitrogens with zero attached hydrogens (tertiary/aromatic N) is 4. The lowest BCUT2D eigenvalue weighted by atomic mass is 9.84. The summed E-state index contributed by atoms with van der Waals surface area (Å²) in [5.41, 5.74) is 14.3. The van der Waals surface area contributed by atoms with E-state index < -0.39 is 0 Å². The molecule has 5 aromatic heterocycles. The van der Waals surface area contributed by atoms with Gasteiger partial charge in [0.1, 0.15) is 5.65 Å². The van der Waals surface area contributed by atoms with Gasteiger partial charge in [0.25, 0.3) is 0 Å². The van der Waals surface area contributed by atoms with Gasteiger partial charge in [0.2, 0.25) is 0 Å². The summed E-state index contributed by atoms with van der Waals surface area (Å²) < 4.78 is 5.04. The summed E-state index contributed by atoms with van der Waals surface area (Å²) in [5.74, 6) is 0. The predicted octanol–water partition coefficient (Wildman–Crippen LogP) is 15.9. The van der Waals surface area contributed by atoms with Crippen molar-refractivity contribution < 1.29 is 0 Å². The van der Waals surface area contributed by atoms with E-state index >= 15 is 0 Å². The number of fused-ring (bicyclic) bond motifs is 15. The molecule has 4 heteroatoms. The third-order valence-corrected chi connectivity index (χ3v) is 13.6. The van der Waals surface area contributed by atoms with Crippen molar-refractivity contribution in [1.82, 2.24) is 13.8 Å². The molecule has 0 aliphatic rings. The summed E-state index contributed by atoms with van der Waals surface area (Å²) in [6, 6.07) is 50.1. The molecule has 0 unspecified atom stereocenters. The molecule has 0 radical (unpaired) electrons. The molecule has 0 N–H and O–H groups in total. The van der Waals surface area contributed by atoms with Crippen LogP contribution in [0.1, 0.15) is 79.0 Å². The highest BCUT2D eigenvalue weighted by molar-refractivity contribution is 6.38. The fraction of sp³-hybridized carbons (Fsp3) is 0.211. The van der Waals surface area contributed by atoms with Gasteiger partial charge in [-0.3, -0.25) is 4.40 Å². The highest BCUT2D eigenvalue weighted by Crippen LogP contribution is 2.52. The molecule has 0 amide bonds. The Balaban J connectivity index is 1.32. The molecule has 0 saturated carbocycles. The van der Waals surface area contributed by atoms with Crippen molar-refractivity contribution in [3.8, 4) is 0 Å². The second-order valence-corrected chi connectivity index (χ2v) is 20.6. The molecule has 0 aliphatic heterocycles. The zero-order valence-corrected chi connectivity index (χ0v) is 36.6. The van der Waals surface area contributed by atoms with Gasteiger partial charge in [0, 0.05) is 54.5 Å². The molecule has 0 fully saturated rings. The Kier molecular flexibility index (Phi) is 7.13. The van der Waals surface area contributed by atoms with Crippen LogP contribution in [0.25, 0.3) is 87.1 Å². The van der Waals surface area contributed by atoms with Crippen LogP contribution in [0.3, 0.4) is 0 Å². The molecule has 5 heterocycles. The lowest BCUT2D eigenvalue weighted by Gasteiger charge is -2.29. The van der Waals surface area contributed by atoms with Crippen molar-refractivity contribution in [3.05, 3.63) is 156 Å². The SMILES string of the molecule is CC(C)(C)c1ccc2c(c1)c1c3ccccc3cc3c4c5c6cc(C(C)(C)C)cc7c8cc(C(C)(C)C)cc(N(c9ccccc9)c9ccccc9)c8n(c5ncc4n2c31)c76. The molecule has 0 spiro atoms. The first-order chi connectivity index (χ1) is 29.2. The fourth-order valence-corrected chi connectivity index (χ4v) is 10.4. The molecule has 4 nitrogen and oxygen atoms in total. The Morgan fingerprint density at radius 3 is 1.62 bits per heavy atom. The number of hydrogen-bond acceptors (Lipinski definition) is 2. The number of para-hydroxylation sites is 2. The third-order valence-electron chi connectivity index (χ3n) is 13.6. The van der Waals surface area contributed by atoms with Gasteiger partial charge in [-0.2, -0.15) is 0 Å². The first-order valence-electron chi connectivity index (χ1n) is 21.8. The van der Waals surface area contributed by atoms with Gasteiger partial charge in [-0.25, -0.2) is 4.98 Å². The Labute approximate surface area is 356 Å². The number of aromatic nitrogens is 3. The minimum absolute atomic E-state index is 0.0310. The number of hydrogen-bond donors (Lipinski definition) is 0. The van der Waals surface area contributed by atoms with E-state index in [2.05, 4.69) is 216 Å². The first kappa shape index (κ1) is 36.2. The van der Waals surface area contributed by atoms with E-state index in [1.54, 1.807) is 0 Å². The molecule has 0 aliphatic carbocycles. The van der Waals surface area contributed by atoms with Crippen LogP contribution < -0.4 is 4.90 Å². The maximum atomic E-state index is 5.61. The fourth-order valence-electron chi connectivity index (χ4n) is 10.4. The lowest BCUT2D eigenvalue weighted by Crippen LogP contribution is -2.15. The summed E-state index contributed by atoms with van der Waals surface area (Å²) in [6.45, 7) is 21.0. The van der Waals surface area contributed by atoms with E-state index in [1.165, 1.54) is 92.6 Å². The summed E-state index contributed by atoms with van der Waals surface area (Å²) in [5, 5.41) is 12.8. The number of anilines is 3. The number of pyridine rings is 1. The van der Waals surface area contributed by atoms with Crippen LogP contribution in [0.5, 0.6) is 0 Å². The van der Waals surface area contributed by atoms with Gasteiger partial charge in [0.05, 0.1) is 39.5 Å². The van der Waals surface area contributed by atoms with Gasteiger partial charge >= 0.3 is 0 Å². The van der Waals surface area contributed by atoms with Crippen LogP contribution in [-0.2, 0) is 16.2 Å². The Morgan fingerprint density at radius 1 is 0.410 bits per heavy atom. The van der Waals surface area contributed by atoms with E-state index in [0.717, 1.165) is 28.2 Å². The van der Waals surface area contributed by atoms with Crippen LogP contribution in [0.15, 0.2) is 140 Å². The van der Waals surface area contributed by atoms with E-state index in [-0.39, 0.29) is 16.2 Å². The Morgan fingerprint density at radius 2 is 0.967 bits per heavy atom. The third kappa shape index (κ3) is 4.96. The minimum Gasteiger partial charge on any atom is -0.308 e. The number of benzene rings is 7. The van der Waals surface area contributed by atoms with Crippen LogP contribution in [0.2, 0.25) is 0 Å². The highest BCUT2D eigenvalue weighted by atomic mass is 15.2. The summed E-state index contributed by atoms with van der Waals surface area (Å²) in [4.78, 5) is 8.06. The highest BCUT2D eigenvalue weighted by Gasteiger charge is 2.31. The Hall–Kier alpha value is -6.65. The lowest BCUT2D eigenvalue weighted by molar-refractivity contribution is 0.591. The number of rotatable bonds is 3. The normalized spacial score (nSPS) is 13.3. The van der Waals surface area contributed by atoms with Crippen LogP contribution in [0, 0.1) is 0 Å². The van der Waals surface area contributed by atoms with Gasteiger partial charge in [0.15, 0.2) is 0 Å². The van der Waals surface area contributed by atoms with Crippen LogP contribution in [-0.4, -0.2) is 13.8 Å². The van der Waals surface area contributed by atoms with Gasteiger partial charge in [-0.1, -0.05) is 129 Å². The van der Waals surface area contributed by atoms with E-state index in [4.69, 9.17) is 4.98 Å². The summed E-state index contributed by atoms with van der Waals surface area (Å²) in [7, 11) is 0. The average Bonchev–Trinajstić information content (AvgIpc) is 3.96. The van der Waals surface area contributed by atoms with Crippen LogP contribution in [0.4, 0.5) is 17.1 Å².